The van der Waals surface area contributed by atoms with E-state index < -0.39 is 0 Å². The SMILES string of the molecule is CCOc1cccc(OC)c1.COc1nc(C(=O)NS)ccc1Cn1cccn1. The van der Waals surface area contributed by atoms with Crippen LogP contribution in [-0.2, 0) is 6.54 Å². The van der Waals surface area contributed by atoms with Crippen LogP contribution in [0.2, 0.25) is 0 Å². The van der Waals surface area contributed by atoms with Gasteiger partial charge in [0.15, 0.2) is 0 Å². The highest BCUT2D eigenvalue weighted by atomic mass is 32.1. The van der Waals surface area contributed by atoms with E-state index in [2.05, 4.69) is 27.6 Å². The van der Waals surface area contributed by atoms with Crippen molar-refractivity contribution in [3.8, 4) is 17.4 Å². The largest absolute Gasteiger partial charge is 0.497 e. The number of carbonyl (C=O) groups excluding carboxylic acids is 1. The summed E-state index contributed by atoms with van der Waals surface area (Å²) in [7, 11) is 3.16. The second kappa shape index (κ2) is 11.6. The third kappa shape index (κ3) is 6.72. The van der Waals surface area contributed by atoms with Gasteiger partial charge in [0.25, 0.3) is 5.91 Å². The summed E-state index contributed by atoms with van der Waals surface area (Å²) in [5.41, 5.74) is 1.10. The summed E-state index contributed by atoms with van der Waals surface area (Å²) in [6, 6.07) is 12.8. The van der Waals surface area contributed by atoms with Crippen molar-refractivity contribution in [1.29, 1.82) is 0 Å². The van der Waals surface area contributed by atoms with Crippen LogP contribution in [0.15, 0.2) is 54.9 Å². The minimum Gasteiger partial charge on any atom is -0.497 e. The molecular weight excluding hydrogens is 392 g/mol. The molecule has 0 aliphatic heterocycles. The molecule has 1 amide bonds. The Morgan fingerprint density at radius 1 is 1.14 bits per heavy atom. The van der Waals surface area contributed by atoms with E-state index in [9.17, 15) is 4.79 Å². The van der Waals surface area contributed by atoms with Crippen LogP contribution >= 0.6 is 12.8 Å². The van der Waals surface area contributed by atoms with E-state index in [1.54, 1.807) is 30.1 Å². The normalized spacial score (nSPS) is 9.79. The average Bonchev–Trinajstić information content (AvgIpc) is 3.27. The Kier molecular flexibility index (Phi) is 8.84. The molecule has 0 fully saturated rings. The number of benzene rings is 1. The quantitative estimate of drug-likeness (QED) is 0.576. The van der Waals surface area contributed by atoms with Gasteiger partial charge in [-0.15, -0.1) is 0 Å². The number of nitrogens with one attached hydrogen (secondary N) is 1. The third-order valence-electron chi connectivity index (χ3n) is 3.71. The summed E-state index contributed by atoms with van der Waals surface area (Å²) in [6.07, 6.45) is 3.54. The highest BCUT2D eigenvalue weighted by Crippen LogP contribution is 2.18. The number of carbonyl (C=O) groups is 1. The fourth-order valence-electron chi connectivity index (χ4n) is 2.38. The fourth-order valence-corrected chi connectivity index (χ4v) is 2.49. The van der Waals surface area contributed by atoms with Crippen LogP contribution in [0.4, 0.5) is 0 Å². The summed E-state index contributed by atoms with van der Waals surface area (Å²) in [5, 5.41) is 4.10. The molecule has 3 aromatic rings. The maximum Gasteiger partial charge on any atom is 0.279 e. The minimum absolute atomic E-state index is 0.256. The monoisotopic (exact) mass is 416 g/mol. The van der Waals surface area contributed by atoms with Gasteiger partial charge in [-0.3, -0.25) is 14.2 Å². The number of thiol groups is 1. The summed E-state index contributed by atoms with van der Waals surface area (Å²) in [6.45, 7) is 3.18. The molecule has 0 saturated carbocycles. The van der Waals surface area contributed by atoms with Crippen molar-refractivity contribution in [2.24, 2.45) is 0 Å². The second-order valence-corrected chi connectivity index (χ2v) is 5.85. The van der Waals surface area contributed by atoms with Gasteiger partial charge < -0.3 is 14.2 Å². The van der Waals surface area contributed by atoms with E-state index in [0.29, 0.717) is 19.0 Å². The summed E-state index contributed by atoms with van der Waals surface area (Å²) in [5.74, 6) is 1.71. The van der Waals surface area contributed by atoms with Crippen LogP contribution < -0.4 is 18.9 Å². The molecular formula is C20H24N4O4S. The maximum absolute atomic E-state index is 11.4. The molecule has 0 bridgehead atoms. The number of hydrogen-bond donors (Lipinski definition) is 2. The Morgan fingerprint density at radius 2 is 1.93 bits per heavy atom. The number of methoxy groups -OCH3 is 2. The molecule has 3 rings (SSSR count). The second-order valence-electron chi connectivity index (χ2n) is 5.62. The molecule has 154 valence electrons. The molecule has 0 unspecified atom stereocenters. The predicted octanol–water partition coefficient (Wildman–Crippen LogP) is 3.00. The van der Waals surface area contributed by atoms with E-state index in [0.717, 1.165) is 17.1 Å². The smallest absolute Gasteiger partial charge is 0.279 e. The predicted molar refractivity (Wildman–Crippen MR) is 113 cm³/mol. The number of pyridine rings is 1. The summed E-state index contributed by atoms with van der Waals surface area (Å²) in [4.78, 5) is 15.5. The van der Waals surface area contributed by atoms with Crippen LogP contribution in [-0.4, -0.2) is 41.5 Å². The van der Waals surface area contributed by atoms with Gasteiger partial charge in [0.1, 0.15) is 17.2 Å². The van der Waals surface area contributed by atoms with Crippen molar-refractivity contribution in [3.05, 3.63) is 66.1 Å². The van der Waals surface area contributed by atoms with E-state index in [4.69, 9.17) is 14.2 Å². The first-order valence-corrected chi connectivity index (χ1v) is 9.28. The van der Waals surface area contributed by atoms with Crippen molar-refractivity contribution >= 4 is 18.7 Å². The lowest BCUT2D eigenvalue weighted by molar-refractivity contribution is 0.0979. The van der Waals surface area contributed by atoms with Gasteiger partial charge in [-0.1, -0.05) is 18.9 Å². The Hall–Kier alpha value is -3.20. The molecule has 2 aromatic heterocycles. The molecule has 0 aliphatic carbocycles. The van der Waals surface area contributed by atoms with Gasteiger partial charge in [-0.2, -0.15) is 5.10 Å². The fraction of sp³-hybridized carbons (Fsp3) is 0.250. The van der Waals surface area contributed by atoms with Gasteiger partial charge in [0, 0.05) is 24.0 Å². The Balaban J connectivity index is 0.000000234. The lowest BCUT2D eigenvalue weighted by atomic mass is 10.2. The number of ether oxygens (including phenoxy) is 3. The number of rotatable bonds is 7. The third-order valence-corrected chi connectivity index (χ3v) is 3.91. The molecule has 0 spiro atoms. The summed E-state index contributed by atoms with van der Waals surface area (Å²) >= 11 is 3.69. The number of nitrogens with zero attached hydrogens (tertiary/aromatic N) is 3. The number of amides is 1. The van der Waals surface area contributed by atoms with Crippen LogP contribution in [0.25, 0.3) is 0 Å². The van der Waals surface area contributed by atoms with Crippen LogP contribution in [0.3, 0.4) is 0 Å². The Labute approximate surface area is 175 Å². The number of aromatic nitrogens is 3. The zero-order chi connectivity index (χ0) is 21.1. The molecule has 0 saturated heterocycles. The van der Waals surface area contributed by atoms with E-state index in [-0.39, 0.29) is 11.6 Å². The van der Waals surface area contributed by atoms with Crippen molar-refractivity contribution in [2.75, 3.05) is 20.8 Å². The van der Waals surface area contributed by atoms with Crippen LogP contribution in [0.1, 0.15) is 23.0 Å². The summed E-state index contributed by atoms with van der Waals surface area (Å²) < 4.78 is 19.4. The first kappa shape index (κ1) is 22.1. The highest BCUT2D eigenvalue weighted by molar-refractivity contribution is 7.78. The maximum atomic E-state index is 11.4. The first-order valence-electron chi connectivity index (χ1n) is 8.83. The van der Waals surface area contributed by atoms with Crippen molar-refractivity contribution in [2.45, 2.75) is 13.5 Å². The van der Waals surface area contributed by atoms with E-state index in [1.807, 2.05) is 43.5 Å². The van der Waals surface area contributed by atoms with Gasteiger partial charge in [-0.25, -0.2) is 4.98 Å². The minimum atomic E-state index is -0.373. The topological polar surface area (TPSA) is 87.5 Å². The molecule has 1 N–H and O–H groups in total. The van der Waals surface area contributed by atoms with E-state index >= 15 is 0 Å². The molecule has 29 heavy (non-hydrogen) atoms. The van der Waals surface area contributed by atoms with Gasteiger partial charge in [0.05, 0.1) is 27.4 Å². The van der Waals surface area contributed by atoms with Gasteiger partial charge in [0.2, 0.25) is 5.88 Å². The standard InChI is InChI=1S/C11H12N4O2S.C9H12O2/c1-17-11-8(7-15-6-2-5-12-15)3-4-9(13-11)10(16)14-18;1-3-11-9-6-4-5-8(7-9)10-2/h2-6,18H,7H2,1H3,(H,14,16);4-7H,3H2,1-2H3. The lowest BCUT2D eigenvalue weighted by Gasteiger charge is -2.09. The van der Waals surface area contributed by atoms with Crippen molar-refractivity contribution in [1.82, 2.24) is 19.5 Å². The average molecular weight is 417 g/mol. The van der Waals surface area contributed by atoms with E-state index in [1.165, 1.54) is 7.11 Å². The van der Waals surface area contributed by atoms with Crippen LogP contribution in [0.5, 0.6) is 17.4 Å². The lowest BCUT2D eigenvalue weighted by Crippen LogP contribution is -2.15. The molecule has 0 aliphatic rings. The molecule has 0 radical (unpaired) electrons. The van der Waals surface area contributed by atoms with Crippen LogP contribution in [0, 0.1) is 0 Å². The highest BCUT2D eigenvalue weighted by Gasteiger charge is 2.11. The Morgan fingerprint density at radius 3 is 2.55 bits per heavy atom. The zero-order valence-corrected chi connectivity index (χ0v) is 17.4. The molecule has 8 nitrogen and oxygen atoms in total. The molecule has 0 atom stereocenters. The molecule has 1 aromatic carbocycles. The zero-order valence-electron chi connectivity index (χ0n) is 16.5. The molecule has 2 heterocycles. The number of hydrogen-bond acceptors (Lipinski definition) is 7. The first-order chi connectivity index (χ1) is 14.1. The molecule has 9 heteroatoms. The Bertz CT molecular complexity index is 903. The van der Waals surface area contributed by atoms with Crippen molar-refractivity contribution < 1.29 is 19.0 Å². The van der Waals surface area contributed by atoms with Crippen molar-refractivity contribution in [3.63, 3.8) is 0 Å². The van der Waals surface area contributed by atoms with Gasteiger partial charge in [-0.05, 0) is 37.3 Å². The van der Waals surface area contributed by atoms with Gasteiger partial charge >= 0.3 is 0 Å².